The molecule has 0 aliphatic heterocycles. The number of Topliss-reactive ketones (excluding diaryl/α,β-unsaturated/α-hetero) is 1. The van der Waals surface area contributed by atoms with Gasteiger partial charge in [-0.25, -0.2) is 0 Å². The molecule has 0 radical (unpaired) electrons. The van der Waals surface area contributed by atoms with Gasteiger partial charge in [0.15, 0.2) is 5.78 Å². The van der Waals surface area contributed by atoms with E-state index in [4.69, 9.17) is 11.6 Å². The standard InChI is InChI=1S/C20H23ClF3NO2/c1-13-4-3-8-19(27,10-13)9-7-17(26)14-11-25(12-20(22,23)24)16-6-2-5-15(21)18(14)16/h2,5-6,11,13,27H,3-4,7-10,12H2,1H3/t13-,19+/m1/s1. The minimum absolute atomic E-state index is 0.0829. The van der Waals surface area contributed by atoms with Crippen molar-refractivity contribution in [2.45, 2.75) is 63.8 Å². The van der Waals surface area contributed by atoms with Crippen molar-refractivity contribution in [2.75, 3.05) is 0 Å². The number of benzene rings is 1. The fourth-order valence-corrected chi connectivity index (χ4v) is 4.46. The van der Waals surface area contributed by atoms with Crippen molar-refractivity contribution in [3.8, 4) is 0 Å². The van der Waals surface area contributed by atoms with Crippen LogP contribution in [-0.4, -0.2) is 27.2 Å². The van der Waals surface area contributed by atoms with Crippen molar-refractivity contribution in [2.24, 2.45) is 5.92 Å². The molecule has 2 aromatic rings. The Morgan fingerprint density at radius 3 is 2.81 bits per heavy atom. The first-order valence-corrected chi connectivity index (χ1v) is 9.55. The summed E-state index contributed by atoms with van der Waals surface area (Å²) in [4.78, 5) is 12.8. The first-order chi connectivity index (χ1) is 12.6. The molecule has 0 saturated heterocycles. The fourth-order valence-electron chi connectivity index (χ4n) is 4.18. The van der Waals surface area contributed by atoms with E-state index in [1.54, 1.807) is 12.1 Å². The van der Waals surface area contributed by atoms with E-state index in [1.807, 2.05) is 0 Å². The van der Waals surface area contributed by atoms with Crippen LogP contribution in [0.2, 0.25) is 5.02 Å². The molecule has 3 nitrogen and oxygen atoms in total. The van der Waals surface area contributed by atoms with Crippen molar-refractivity contribution in [1.82, 2.24) is 4.57 Å². The normalized spacial score (nSPS) is 23.7. The highest BCUT2D eigenvalue weighted by atomic mass is 35.5. The van der Waals surface area contributed by atoms with Crippen LogP contribution in [0.5, 0.6) is 0 Å². The Balaban J connectivity index is 1.86. The van der Waals surface area contributed by atoms with Gasteiger partial charge in [0.1, 0.15) is 6.54 Å². The lowest BCUT2D eigenvalue weighted by atomic mass is 9.76. The van der Waals surface area contributed by atoms with E-state index in [9.17, 15) is 23.1 Å². The summed E-state index contributed by atoms with van der Waals surface area (Å²) in [5, 5.41) is 11.3. The molecule has 1 aromatic carbocycles. The molecule has 1 N–H and O–H groups in total. The highest BCUT2D eigenvalue weighted by Crippen LogP contribution is 2.37. The number of carbonyl (C=O) groups is 1. The smallest absolute Gasteiger partial charge is 0.390 e. The largest absolute Gasteiger partial charge is 0.406 e. The van der Waals surface area contributed by atoms with Crippen molar-refractivity contribution in [3.63, 3.8) is 0 Å². The SMILES string of the molecule is C[C@@H]1CCC[C@](O)(CCC(=O)c2cn(CC(F)(F)F)c3cccc(Cl)c23)C1. The molecule has 148 valence electrons. The summed E-state index contributed by atoms with van der Waals surface area (Å²) >= 11 is 6.19. The second kappa shape index (κ2) is 7.47. The number of halogens is 4. The van der Waals surface area contributed by atoms with E-state index < -0.39 is 18.3 Å². The topological polar surface area (TPSA) is 42.2 Å². The lowest BCUT2D eigenvalue weighted by Crippen LogP contribution is -2.35. The molecule has 1 saturated carbocycles. The number of hydrogen-bond donors (Lipinski definition) is 1. The summed E-state index contributed by atoms with van der Waals surface area (Å²) in [5.74, 6) is 0.114. The lowest BCUT2D eigenvalue weighted by molar-refractivity contribution is -0.139. The van der Waals surface area contributed by atoms with Crippen LogP contribution in [0.1, 0.15) is 55.8 Å². The summed E-state index contributed by atoms with van der Waals surface area (Å²) in [6, 6.07) is 4.66. The van der Waals surface area contributed by atoms with Crippen LogP contribution in [0, 0.1) is 5.92 Å². The van der Waals surface area contributed by atoms with Gasteiger partial charge in [0.2, 0.25) is 0 Å². The number of fused-ring (bicyclic) bond motifs is 1. The Morgan fingerprint density at radius 2 is 2.15 bits per heavy atom. The Labute approximate surface area is 161 Å². The van der Waals surface area contributed by atoms with Gasteiger partial charge in [-0.15, -0.1) is 0 Å². The molecule has 1 aliphatic rings. The maximum absolute atomic E-state index is 12.9. The van der Waals surface area contributed by atoms with Crippen molar-refractivity contribution < 1.29 is 23.1 Å². The Hall–Kier alpha value is -1.53. The van der Waals surface area contributed by atoms with Crippen molar-refractivity contribution in [1.29, 1.82) is 0 Å². The number of carbonyl (C=O) groups excluding carboxylic acids is 1. The Morgan fingerprint density at radius 1 is 1.41 bits per heavy atom. The van der Waals surface area contributed by atoms with Crippen LogP contribution in [0.15, 0.2) is 24.4 Å². The van der Waals surface area contributed by atoms with E-state index in [0.29, 0.717) is 30.6 Å². The third-order valence-corrected chi connectivity index (χ3v) is 5.71. The molecule has 7 heteroatoms. The molecule has 1 aliphatic carbocycles. The molecule has 0 amide bonds. The second-order valence-corrected chi connectivity index (χ2v) is 8.18. The summed E-state index contributed by atoms with van der Waals surface area (Å²) in [7, 11) is 0. The summed E-state index contributed by atoms with van der Waals surface area (Å²) in [6.07, 6.45) is 0.519. The molecule has 0 unspecified atom stereocenters. The summed E-state index contributed by atoms with van der Waals surface area (Å²) in [6.45, 7) is 0.898. The van der Waals surface area contributed by atoms with E-state index in [2.05, 4.69) is 6.92 Å². The van der Waals surface area contributed by atoms with Gasteiger partial charge in [-0.1, -0.05) is 37.4 Å². The van der Waals surface area contributed by atoms with Gasteiger partial charge in [-0.05, 0) is 37.3 Å². The molecule has 3 rings (SSSR count). The van der Waals surface area contributed by atoms with Gasteiger partial charge in [0.25, 0.3) is 0 Å². The van der Waals surface area contributed by atoms with Crippen molar-refractivity contribution >= 4 is 28.3 Å². The van der Waals surface area contributed by atoms with E-state index in [0.717, 1.165) is 17.4 Å². The molecule has 2 atom stereocenters. The number of aliphatic hydroxyl groups is 1. The van der Waals surface area contributed by atoms with Gasteiger partial charge < -0.3 is 9.67 Å². The highest BCUT2D eigenvalue weighted by Gasteiger charge is 2.34. The third kappa shape index (κ3) is 4.66. The van der Waals surface area contributed by atoms with E-state index in [-0.39, 0.29) is 28.3 Å². The maximum Gasteiger partial charge on any atom is 0.406 e. The number of aromatic nitrogens is 1. The summed E-state index contributed by atoms with van der Waals surface area (Å²) < 4.78 is 39.7. The number of alkyl halides is 3. The summed E-state index contributed by atoms with van der Waals surface area (Å²) in [5.41, 5.74) is -0.401. The second-order valence-electron chi connectivity index (χ2n) is 7.77. The zero-order valence-corrected chi connectivity index (χ0v) is 15.9. The van der Waals surface area contributed by atoms with Crippen LogP contribution in [0.25, 0.3) is 10.9 Å². The van der Waals surface area contributed by atoms with Gasteiger partial charge in [-0.3, -0.25) is 4.79 Å². The number of nitrogens with zero attached hydrogens (tertiary/aromatic N) is 1. The zero-order valence-electron chi connectivity index (χ0n) is 15.2. The van der Waals surface area contributed by atoms with E-state index >= 15 is 0 Å². The van der Waals surface area contributed by atoms with Crippen molar-refractivity contribution in [3.05, 3.63) is 35.0 Å². The first-order valence-electron chi connectivity index (χ1n) is 9.18. The molecule has 0 spiro atoms. The Bertz CT molecular complexity index is 846. The molecule has 27 heavy (non-hydrogen) atoms. The van der Waals surface area contributed by atoms with Gasteiger partial charge in [-0.2, -0.15) is 13.2 Å². The average molecular weight is 402 g/mol. The molecule has 1 aromatic heterocycles. The highest BCUT2D eigenvalue weighted by molar-refractivity contribution is 6.37. The number of hydrogen-bond acceptors (Lipinski definition) is 2. The average Bonchev–Trinajstić information content (AvgIpc) is 2.91. The third-order valence-electron chi connectivity index (χ3n) is 5.39. The van der Waals surface area contributed by atoms with E-state index in [1.165, 1.54) is 12.3 Å². The minimum atomic E-state index is -4.40. The minimum Gasteiger partial charge on any atom is -0.390 e. The predicted molar refractivity (Wildman–Crippen MR) is 99.1 cm³/mol. The van der Waals surface area contributed by atoms with Crippen LogP contribution >= 0.6 is 11.6 Å². The van der Waals surface area contributed by atoms with Crippen LogP contribution in [0.4, 0.5) is 13.2 Å². The number of rotatable bonds is 5. The molecule has 1 fully saturated rings. The van der Waals surface area contributed by atoms with Gasteiger partial charge >= 0.3 is 6.18 Å². The molecular formula is C20H23ClF3NO2. The Kier molecular flexibility index (Phi) is 5.59. The molecule has 0 bridgehead atoms. The monoisotopic (exact) mass is 401 g/mol. The first kappa shape index (κ1) is 20.2. The van der Waals surface area contributed by atoms with Crippen LogP contribution < -0.4 is 0 Å². The van der Waals surface area contributed by atoms with Crippen LogP contribution in [0.3, 0.4) is 0 Å². The van der Waals surface area contributed by atoms with Gasteiger partial charge in [0, 0.05) is 23.6 Å². The van der Waals surface area contributed by atoms with Crippen LogP contribution in [-0.2, 0) is 6.54 Å². The molecule has 1 heterocycles. The predicted octanol–water partition coefficient (Wildman–Crippen LogP) is 5.76. The zero-order chi connectivity index (χ0) is 19.8. The number of ketones is 1. The quantitative estimate of drug-likeness (QED) is 0.647. The lowest BCUT2D eigenvalue weighted by Gasteiger charge is -2.35. The van der Waals surface area contributed by atoms with Gasteiger partial charge in [0.05, 0.1) is 16.1 Å². The maximum atomic E-state index is 12.9. The molecular weight excluding hydrogens is 379 g/mol. The fraction of sp³-hybridized carbons (Fsp3) is 0.550.